The normalized spacial score (nSPS) is 11.2. The van der Waals surface area contributed by atoms with Crippen molar-refractivity contribution in [1.82, 2.24) is 15.0 Å². The second-order valence-corrected chi connectivity index (χ2v) is 6.32. The van der Waals surface area contributed by atoms with Crippen LogP contribution in [0.2, 0.25) is 0 Å². The molecule has 0 fully saturated rings. The molecule has 0 aliphatic rings. The first kappa shape index (κ1) is 17.7. The number of amides is 1. The fraction of sp³-hybridized carbons (Fsp3) is 0.238. The number of benzene rings is 1. The summed E-state index contributed by atoms with van der Waals surface area (Å²) >= 11 is 0. The van der Waals surface area contributed by atoms with Crippen molar-refractivity contribution in [2.24, 2.45) is 0 Å². The van der Waals surface area contributed by atoms with E-state index in [0.29, 0.717) is 6.54 Å². The fourth-order valence-corrected chi connectivity index (χ4v) is 2.97. The molecule has 134 valence electrons. The monoisotopic (exact) mass is 349 g/mol. The van der Waals surface area contributed by atoms with Crippen molar-refractivity contribution < 1.29 is 9.32 Å². The van der Waals surface area contributed by atoms with Crippen LogP contribution < -0.4 is 5.32 Å². The van der Waals surface area contributed by atoms with E-state index < -0.39 is 0 Å². The molecule has 1 aromatic carbocycles. The van der Waals surface area contributed by atoms with Crippen molar-refractivity contribution >= 4 is 12.0 Å². The Balaban J connectivity index is 1.62. The number of aryl methyl sites for hydroxylation is 2. The number of nitrogens with zero attached hydrogens (tertiary/aromatic N) is 2. The summed E-state index contributed by atoms with van der Waals surface area (Å²) < 4.78 is 7.18. The average Bonchev–Trinajstić information content (AvgIpc) is 3.16. The van der Waals surface area contributed by atoms with E-state index in [1.165, 1.54) is 5.56 Å². The number of aromatic nitrogens is 2. The van der Waals surface area contributed by atoms with E-state index in [2.05, 4.69) is 22.6 Å². The predicted molar refractivity (Wildman–Crippen MR) is 102 cm³/mol. The largest absolute Gasteiger partial charge is 0.360 e. The Morgan fingerprint density at radius 2 is 1.96 bits per heavy atom. The Hall–Kier alpha value is -3.08. The van der Waals surface area contributed by atoms with Gasteiger partial charge in [0.15, 0.2) is 5.82 Å². The highest BCUT2D eigenvalue weighted by Gasteiger charge is 2.12. The summed E-state index contributed by atoms with van der Waals surface area (Å²) in [6, 6.07) is 14.0. The zero-order valence-electron chi connectivity index (χ0n) is 15.3. The number of rotatable bonds is 6. The highest BCUT2D eigenvalue weighted by molar-refractivity contribution is 5.91. The maximum Gasteiger partial charge on any atom is 0.244 e. The zero-order chi connectivity index (χ0) is 18.5. The van der Waals surface area contributed by atoms with Crippen molar-refractivity contribution in [1.29, 1.82) is 0 Å². The van der Waals surface area contributed by atoms with Gasteiger partial charge in [0, 0.05) is 30.1 Å². The van der Waals surface area contributed by atoms with E-state index in [9.17, 15) is 4.79 Å². The molecule has 2 aromatic heterocycles. The minimum absolute atomic E-state index is 0.0944. The molecule has 0 spiro atoms. The molecule has 5 heteroatoms. The maximum absolute atomic E-state index is 12.1. The first-order chi connectivity index (χ1) is 12.5. The van der Waals surface area contributed by atoms with Crippen LogP contribution in [0.25, 0.3) is 11.9 Å². The Morgan fingerprint density at radius 1 is 1.19 bits per heavy atom. The van der Waals surface area contributed by atoms with E-state index in [0.717, 1.165) is 35.0 Å². The van der Waals surface area contributed by atoms with Crippen molar-refractivity contribution in [2.45, 2.75) is 27.2 Å². The molecule has 0 radical (unpaired) electrons. The number of carbonyl (C=O) groups is 1. The standard InChI is InChI=1S/C21H23N3O2/c1-15-13-19(17(3)24(15)20-14-16(2)26-23-20)9-10-21(25)22-12-11-18-7-5-4-6-8-18/h4-10,13-14H,11-12H2,1-3H3,(H,22,25)/b10-9+. The van der Waals surface area contributed by atoms with Gasteiger partial charge < -0.3 is 9.84 Å². The smallest absolute Gasteiger partial charge is 0.244 e. The van der Waals surface area contributed by atoms with Crippen LogP contribution in [0.4, 0.5) is 0 Å². The quantitative estimate of drug-likeness (QED) is 0.689. The minimum Gasteiger partial charge on any atom is -0.360 e. The Morgan fingerprint density at radius 3 is 2.65 bits per heavy atom. The topological polar surface area (TPSA) is 60.1 Å². The summed E-state index contributed by atoms with van der Waals surface area (Å²) in [5.74, 6) is 1.43. The maximum atomic E-state index is 12.1. The van der Waals surface area contributed by atoms with Crippen LogP contribution >= 0.6 is 0 Å². The molecule has 1 amide bonds. The molecule has 3 rings (SSSR count). The summed E-state index contributed by atoms with van der Waals surface area (Å²) in [5.41, 5.74) is 4.26. The predicted octanol–water partition coefficient (Wildman–Crippen LogP) is 3.76. The van der Waals surface area contributed by atoms with E-state index in [-0.39, 0.29) is 5.91 Å². The molecule has 3 aromatic rings. The molecule has 5 nitrogen and oxygen atoms in total. The second-order valence-electron chi connectivity index (χ2n) is 6.32. The van der Waals surface area contributed by atoms with Crippen molar-refractivity contribution in [2.75, 3.05) is 6.54 Å². The Kier molecular flexibility index (Phi) is 5.37. The zero-order valence-corrected chi connectivity index (χ0v) is 15.3. The van der Waals surface area contributed by atoms with Crippen molar-refractivity contribution in [3.05, 3.63) is 76.8 Å². The highest BCUT2D eigenvalue weighted by Crippen LogP contribution is 2.21. The van der Waals surface area contributed by atoms with Crippen LogP contribution in [-0.2, 0) is 11.2 Å². The van der Waals surface area contributed by atoms with Gasteiger partial charge in [-0.15, -0.1) is 0 Å². The summed E-state index contributed by atoms with van der Waals surface area (Å²) in [4.78, 5) is 12.1. The number of carbonyl (C=O) groups excluding carboxylic acids is 1. The third kappa shape index (κ3) is 4.11. The van der Waals surface area contributed by atoms with E-state index in [1.54, 1.807) is 6.08 Å². The van der Waals surface area contributed by atoms with Crippen molar-refractivity contribution in [3.63, 3.8) is 0 Å². The number of nitrogens with one attached hydrogen (secondary N) is 1. The number of hydrogen-bond donors (Lipinski definition) is 1. The summed E-state index contributed by atoms with van der Waals surface area (Å²) in [5, 5.41) is 6.99. The van der Waals surface area contributed by atoms with Gasteiger partial charge in [0.2, 0.25) is 5.91 Å². The van der Waals surface area contributed by atoms with Gasteiger partial charge in [0.1, 0.15) is 5.76 Å². The summed E-state index contributed by atoms with van der Waals surface area (Å²) in [7, 11) is 0. The fourth-order valence-electron chi connectivity index (χ4n) is 2.97. The van der Waals surface area contributed by atoms with Crippen molar-refractivity contribution in [3.8, 4) is 5.82 Å². The molecule has 2 heterocycles. The lowest BCUT2D eigenvalue weighted by Crippen LogP contribution is -2.23. The van der Waals surface area contributed by atoms with Crippen LogP contribution in [0.1, 0.15) is 28.3 Å². The van der Waals surface area contributed by atoms with Crippen LogP contribution in [0.15, 0.2) is 53.1 Å². The molecule has 0 atom stereocenters. The first-order valence-corrected chi connectivity index (χ1v) is 8.67. The van der Waals surface area contributed by atoms with Crippen LogP contribution in [0.5, 0.6) is 0 Å². The lowest BCUT2D eigenvalue weighted by Gasteiger charge is -2.04. The average molecular weight is 349 g/mol. The molecule has 0 aliphatic carbocycles. The molecule has 0 unspecified atom stereocenters. The van der Waals surface area contributed by atoms with Gasteiger partial charge in [-0.25, -0.2) is 0 Å². The third-order valence-corrected chi connectivity index (χ3v) is 4.28. The van der Waals surface area contributed by atoms with E-state index in [4.69, 9.17) is 4.52 Å². The van der Waals surface area contributed by atoms with Gasteiger partial charge >= 0.3 is 0 Å². The second kappa shape index (κ2) is 7.87. The number of hydrogen-bond acceptors (Lipinski definition) is 3. The lowest BCUT2D eigenvalue weighted by molar-refractivity contribution is -0.116. The molecule has 0 saturated carbocycles. The third-order valence-electron chi connectivity index (χ3n) is 4.28. The highest BCUT2D eigenvalue weighted by atomic mass is 16.5. The Labute approximate surface area is 153 Å². The summed E-state index contributed by atoms with van der Waals surface area (Å²) in [6.45, 7) is 6.49. The molecule has 1 N–H and O–H groups in total. The first-order valence-electron chi connectivity index (χ1n) is 8.67. The molecule has 0 saturated heterocycles. The molecule has 0 aliphatic heterocycles. The van der Waals surface area contributed by atoms with Gasteiger partial charge in [-0.1, -0.05) is 35.5 Å². The van der Waals surface area contributed by atoms with Gasteiger partial charge in [0.05, 0.1) is 0 Å². The lowest BCUT2D eigenvalue weighted by atomic mass is 10.1. The minimum atomic E-state index is -0.0944. The van der Waals surface area contributed by atoms with Gasteiger partial charge in [-0.3, -0.25) is 9.36 Å². The van der Waals surface area contributed by atoms with Gasteiger partial charge in [0.25, 0.3) is 0 Å². The van der Waals surface area contributed by atoms with Crippen LogP contribution in [-0.4, -0.2) is 22.2 Å². The molecular formula is C21H23N3O2. The van der Waals surface area contributed by atoms with Crippen LogP contribution in [0.3, 0.4) is 0 Å². The molecular weight excluding hydrogens is 326 g/mol. The van der Waals surface area contributed by atoms with Gasteiger partial charge in [-0.05, 0) is 50.5 Å². The van der Waals surface area contributed by atoms with E-state index in [1.807, 2.05) is 61.7 Å². The summed E-state index contributed by atoms with van der Waals surface area (Å²) in [6.07, 6.45) is 4.23. The Bertz CT molecular complexity index is 920. The molecule has 26 heavy (non-hydrogen) atoms. The SMILES string of the molecule is Cc1cc(-n2c(C)cc(/C=C/C(=O)NCCc3ccccc3)c2C)no1. The molecule has 0 bridgehead atoms. The van der Waals surface area contributed by atoms with Gasteiger partial charge in [-0.2, -0.15) is 0 Å². The van der Waals surface area contributed by atoms with E-state index >= 15 is 0 Å². The van der Waals surface area contributed by atoms with Crippen LogP contribution in [0, 0.1) is 20.8 Å².